The Balaban J connectivity index is 0.000000118. The molecule has 0 radical (unpaired) electrons. The van der Waals surface area contributed by atoms with Crippen LogP contribution in [0.2, 0.25) is 5.02 Å². The lowest BCUT2D eigenvalue weighted by Crippen LogP contribution is -2.08. The fourth-order valence-corrected chi connectivity index (χ4v) is 13.4. The van der Waals surface area contributed by atoms with Crippen LogP contribution in [0.3, 0.4) is 0 Å². The number of rotatable bonds is 15. The molecular weight excluding hydrogens is 1580 g/mol. The van der Waals surface area contributed by atoms with Crippen molar-refractivity contribution in [3.63, 3.8) is 0 Å². The van der Waals surface area contributed by atoms with Crippen LogP contribution in [0.5, 0.6) is 0 Å². The molecule has 1 saturated carbocycles. The SMILES string of the molecule is COCc1cc(Nc2nc(-c3ccccc3C(F)(F)F)nc3ccccc23)n[nH]1.FC(F)(F)c1ccccc1-c1nc(Nc2cc(C3CC3)[nH]n2)c2ccccc2n1.FC(F)(F)c1ccccc1-c1nc(Nc2n[nH]c3cccc(Cl)c23)c2ccccc2n1.FC(F)(F)c1ccccc1-c1nc(Nc2n[nH]c3ccccc23)c2ccccc2n1. The predicted octanol–water partition coefficient (Wildman–Crippen LogP) is 23.1. The molecule has 0 atom stereocenters. The summed E-state index contributed by atoms with van der Waals surface area (Å²) in [6.45, 7) is 0.351. The Morgan fingerprint density at radius 2 is 0.672 bits per heavy atom. The van der Waals surface area contributed by atoms with Gasteiger partial charge >= 0.3 is 24.7 Å². The van der Waals surface area contributed by atoms with E-state index in [0.717, 1.165) is 64.9 Å². The van der Waals surface area contributed by atoms with Gasteiger partial charge in [0.2, 0.25) is 0 Å². The largest absolute Gasteiger partial charge is 0.417 e. The van der Waals surface area contributed by atoms with Crippen molar-refractivity contribution in [2.24, 2.45) is 0 Å². The highest BCUT2D eigenvalue weighted by Gasteiger charge is 2.38. The second-order valence-corrected chi connectivity index (χ2v) is 27.3. The van der Waals surface area contributed by atoms with Crippen LogP contribution in [0.4, 0.5) is 99.2 Å². The van der Waals surface area contributed by atoms with E-state index in [1.807, 2.05) is 60.7 Å². The molecule has 21 nitrogen and oxygen atoms in total. The van der Waals surface area contributed by atoms with E-state index in [2.05, 4.69) is 102 Å². The van der Waals surface area contributed by atoms with Crippen molar-refractivity contribution in [2.45, 2.75) is 50.1 Å². The lowest BCUT2D eigenvalue weighted by molar-refractivity contribution is -0.137. The van der Waals surface area contributed by atoms with E-state index in [1.54, 1.807) is 104 Å². The first kappa shape index (κ1) is 78.4. The summed E-state index contributed by atoms with van der Waals surface area (Å²) in [6.07, 6.45) is -15.8. The van der Waals surface area contributed by atoms with Crippen molar-refractivity contribution < 1.29 is 57.4 Å². The van der Waals surface area contributed by atoms with Crippen LogP contribution in [0, 0.1) is 0 Å². The average molecular weight is 1640 g/mol. The number of aromatic nitrogens is 16. The molecule has 0 saturated heterocycles. The van der Waals surface area contributed by atoms with Crippen LogP contribution in [-0.2, 0) is 36.0 Å². The van der Waals surface area contributed by atoms with Gasteiger partial charge in [0.1, 0.15) is 23.3 Å². The Bertz CT molecular complexity index is 6760. The molecule has 10 aromatic carbocycles. The van der Waals surface area contributed by atoms with Gasteiger partial charge in [0.05, 0.1) is 78.1 Å². The summed E-state index contributed by atoms with van der Waals surface area (Å²) in [5.74, 6) is 3.92. The third-order valence-electron chi connectivity index (χ3n) is 18.8. The van der Waals surface area contributed by atoms with Crippen molar-refractivity contribution in [3.8, 4) is 45.6 Å². The molecule has 18 aromatic rings. The van der Waals surface area contributed by atoms with Gasteiger partial charge in [0.15, 0.2) is 46.6 Å². The van der Waals surface area contributed by atoms with Crippen LogP contribution >= 0.6 is 11.6 Å². The number of alkyl halides is 12. The maximum absolute atomic E-state index is 13.6. The molecule has 1 fully saturated rings. The molecule has 8 aromatic heterocycles. The third-order valence-corrected chi connectivity index (χ3v) is 19.1. The van der Waals surface area contributed by atoms with E-state index in [4.69, 9.17) is 16.3 Å². The summed E-state index contributed by atoms with van der Waals surface area (Å²) in [4.78, 5) is 35.2. The highest BCUT2D eigenvalue weighted by Crippen LogP contribution is 2.45. The number of fused-ring (bicyclic) bond motifs is 6. The van der Waals surface area contributed by atoms with Crippen molar-refractivity contribution in [1.82, 2.24) is 80.7 Å². The Kier molecular flexibility index (Phi) is 21.5. The number of methoxy groups -OCH3 is 1. The lowest BCUT2D eigenvalue weighted by Gasteiger charge is -2.14. The van der Waals surface area contributed by atoms with Crippen molar-refractivity contribution in [2.75, 3.05) is 28.4 Å². The number of para-hydroxylation sites is 5. The summed E-state index contributed by atoms with van der Waals surface area (Å²) < 4.78 is 167. The third kappa shape index (κ3) is 17.3. The minimum Gasteiger partial charge on any atom is -0.378 e. The number of H-pyrrole nitrogens is 4. The van der Waals surface area contributed by atoms with Gasteiger partial charge < -0.3 is 26.0 Å². The van der Waals surface area contributed by atoms with Crippen molar-refractivity contribution in [3.05, 3.63) is 287 Å². The second kappa shape index (κ2) is 32.7. The van der Waals surface area contributed by atoms with Gasteiger partial charge in [-0.15, -0.1) is 0 Å². The Hall–Kier alpha value is -14.5. The first-order valence-corrected chi connectivity index (χ1v) is 36.7. The molecule has 34 heteroatoms. The summed E-state index contributed by atoms with van der Waals surface area (Å²) >= 11 is 6.33. The summed E-state index contributed by atoms with van der Waals surface area (Å²) in [7, 11) is 1.57. The molecule has 8 heterocycles. The molecule has 1 aliphatic rings. The summed E-state index contributed by atoms with van der Waals surface area (Å²) in [5, 5.41) is 45.7. The molecular formula is C85H59ClF12N20O. The zero-order valence-corrected chi connectivity index (χ0v) is 62.3. The van der Waals surface area contributed by atoms with Gasteiger partial charge in [-0.25, -0.2) is 39.9 Å². The van der Waals surface area contributed by atoms with E-state index < -0.39 is 47.0 Å². The van der Waals surface area contributed by atoms with Crippen LogP contribution < -0.4 is 21.3 Å². The maximum atomic E-state index is 13.6. The molecule has 596 valence electrons. The fourth-order valence-electron chi connectivity index (χ4n) is 13.2. The topological polar surface area (TPSA) is 275 Å². The quantitative estimate of drug-likeness (QED) is 0.0443. The molecule has 0 aliphatic heterocycles. The highest BCUT2D eigenvalue weighted by molar-refractivity contribution is 6.36. The number of hydrogen-bond acceptors (Lipinski definition) is 17. The van der Waals surface area contributed by atoms with E-state index in [9.17, 15) is 52.7 Å². The monoisotopic (exact) mass is 1640 g/mol. The van der Waals surface area contributed by atoms with Gasteiger partial charge in [-0.1, -0.05) is 151 Å². The lowest BCUT2D eigenvalue weighted by atomic mass is 10.1. The van der Waals surface area contributed by atoms with Crippen LogP contribution in [0.15, 0.2) is 249 Å². The Labute approximate surface area is 669 Å². The van der Waals surface area contributed by atoms with Gasteiger partial charge in [0.25, 0.3) is 0 Å². The Morgan fingerprint density at radius 3 is 1.08 bits per heavy atom. The number of nitrogens with zero attached hydrogens (tertiary/aromatic N) is 12. The molecule has 19 rings (SSSR count). The van der Waals surface area contributed by atoms with Gasteiger partial charge in [-0.2, -0.15) is 73.1 Å². The van der Waals surface area contributed by atoms with Crippen LogP contribution in [0.25, 0.3) is 111 Å². The molecule has 0 amide bonds. The summed E-state index contributed by atoms with van der Waals surface area (Å²) in [6, 6.07) is 66.2. The maximum Gasteiger partial charge on any atom is 0.417 e. The van der Waals surface area contributed by atoms with Crippen LogP contribution in [0.1, 0.15) is 52.4 Å². The van der Waals surface area contributed by atoms with Gasteiger partial charge in [-0.05, 0) is 110 Å². The molecule has 0 bridgehead atoms. The number of anilines is 8. The first-order valence-electron chi connectivity index (χ1n) is 36.3. The molecule has 1 aliphatic carbocycles. The smallest absolute Gasteiger partial charge is 0.378 e. The molecule has 119 heavy (non-hydrogen) atoms. The van der Waals surface area contributed by atoms with Crippen LogP contribution in [-0.4, -0.2) is 87.8 Å². The Morgan fingerprint density at radius 1 is 0.336 bits per heavy atom. The number of aromatic amines is 4. The molecule has 8 N–H and O–H groups in total. The zero-order chi connectivity index (χ0) is 82.7. The van der Waals surface area contributed by atoms with E-state index in [-0.39, 0.29) is 45.6 Å². The number of hydrogen-bond donors (Lipinski definition) is 8. The van der Waals surface area contributed by atoms with E-state index in [1.165, 1.54) is 66.7 Å². The van der Waals surface area contributed by atoms with Gasteiger partial charge in [-0.3, -0.25) is 20.4 Å². The van der Waals surface area contributed by atoms with Crippen molar-refractivity contribution in [1.29, 1.82) is 0 Å². The first-order chi connectivity index (χ1) is 57.4. The molecule has 0 spiro atoms. The number of benzene rings is 10. The minimum atomic E-state index is -4.54. The van der Waals surface area contributed by atoms with Crippen molar-refractivity contribution >= 4 is 124 Å². The second-order valence-electron chi connectivity index (χ2n) is 26.9. The van der Waals surface area contributed by atoms with E-state index >= 15 is 0 Å². The zero-order valence-electron chi connectivity index (χ0n) is 61.6. The predicted molar refractivity (Wildman–Crippen MR) is 430 cm³/mol. The number of nitrogens with one attached hydrogen (secondary N) is 8. The standard InChI is InChI=1S/C22H13ClF3N5.C22H14F3N5.C21H16F3N5.C20H16F3N5O/c23-15-9-5-11-17-18(15)21(31-30-17)29-20-13-7-2-4-10-16(13)27-19(28-20)12-6-1-3-8-14(12)22(24,25)26;23-22(24,25)16-10-4-1-7-13(16)19-26-17-11-5-2-8-14(17)20(27-19)28-21-15-9-3-6-12-18(15)29-30-21;22-21(23,24)15-7-3-1-5-13(15)19-25-16-8-4-2-6-14(16)20(27-19)26-18-11-17(28-29-18)12-9-10-12;1-29-11-12-10-17(28-27-12)25-19-14-7-3-5-9-16(14)24-18(26-19)13-6-2-4-8-15(13)20(21,22)23/h1-11H,(H2,27,28,29,30,31);1-12H,(H2,26,27,28,29,30);1-8,11-12H,9-10H2,(H2,25,26,27,28,29);2-10H,11H2,1H3,(H2,24,25,26,27,28). The van der Waals surface area contributed by atoms with Gasteiger partial charge in [0, 0.05) is 80.0 Å². The number of ether oxygens (including phenoxy) is 1. The fraction of sp³-hybridized carbons (Fsp3) is 0.106. The van der Waals surface area contributed by atoms with E-state index in [0.29, 0.717) is 113 Å². The molecule has 0 unspecified atom stereocenters. The average Bonchev–Trinajstić information content (AvgIpc) is 0.894. The number of halogens is 13. The minimum absolute atomic E-state index is 0.0102. The summed E-state index contributed by atoms with van der Waals surface area (Å²) in [5.41, 5.74) is 1.98. The normalized spacial score (nSPS) is 12.4. The highest BCUT2D eigenvalue weighted by atomic mass is 35.5.